The predicted molar refractivity (Wildman–Crippen MR) is 92.3 cm³/mol. The number of benzene rings is 1. The Morgan fingerprint density at radius 3 is 2.24 bits per heavy atom. The first kappa shape index (κ1) is 18.0. The molecule has 0 aliphatic rings. The van der Waals surface area contributed by atoms with Gasteiger partial charge in [-0.3, -0.25) is 0 Å². The van der Waals surface area contributed by atoms with Crippen LogP contribution in [0.1, 0.15) is 59.6 Å². The number of hydrogen-bond acceptors (Lipinski definition) is 2. The molecule has 21 heavy (non-hydrogen) atoms. The lowest BCUT2D eigenvalue weighted by molar-refractivity contribution is 0.239. The van der Waals surface area contributed by atoms with Crippen molar-refractivity contribution in [2.75, 3.05) is 13.2 Å². The summed E-state index contributed by atoms with van der Waals surface area (Å²) in [5.74, 6) is 1.52. The molecule has 0 aromatic heterocycles. The summed E-state index contributed by atoms with van der Waals surface area (Å²) in [5, 5.41) is 3.53. The summed E-state index contributed by atoms with van der Waals surface area (Å²) in [6, 6.07) is 6.52. The van der Waals surface area contributed by atoms with E-state index in [4.69, 9.17) is 4.74 Å². The van der Waals surface area contributed by atoms with Crippen molar-refractivity contribution in [3.8, 4) is 5.75 Å². The van der Waals surface area contributed by atoms with Crippen molar-refractivity contribution >= 4 is 0 Å². The third-order valence-corrected chi connectivity index (χ3v) is 3.45. The van der Waals surface area contributed by atoms with E-state index in [1.807, 2.05) is 0 Å². The molecule has 0 radical (unpaired) electrons. The van der Waals surface area contributed by atoms with E-state index in [1.54, 1.807) is 0 Å². The molecule has 0 bridgehead atoms. The second-order valence-electron chi connectivity index (χ2n) is 8.30. The van der Waals surface area contributed by atoms with Crippen molar-refractivity contribution < 1.29 is 4.74 Å². The Labute approximate surface area is 131 Å². The lowest BCUT2D eigenvalue weighted by Crippen LogP contribution is -2.39. The molecule has 1 atom stereocenters. The molecular weight excluding hydrogens is 258 g/mol. The van der Waals surface area contributed by atoms with Crippen LogP contribution in [0.25, 0.3) is 0 Å². The van der Waals surface area contributed by atoms with Gasteiger partial charge in [0.15, 0.2) is 0 Å². The average Bonchev–Trinajstić information content (AvgIpc) is 2.31. The highest BCUT2D eigenvalue weighted by atomic mass is 16.5. The molecule has 2 nitrogen and oxygen atoms in total. The summed E-state index contributed by atoms with van der Waals surface area (Å²) in [5.41, 5.74) is 2.80. The van der Waals surface area contributed by atoms with Gasteiger partial charge in [0.2, 0.25) is 0 Å². The van der Waals surface area contributed by atoms with Gasteiger partial charge >= 0.3 is 0 Å². The fourth-order valence-electron chi connectivity index (χ4n) is 2.14. The van der Waals surface area contributed by atoms with Crippen molar-refractivity contribution in [2.45, 2.75) is 66.3 Å². The van der Waals surface area contributed by atoms with Crippen LogP contribution < -0.4 is 10.1 Å². The van der Waals surface area contributed by atoms with Crippen molar-refractivity contribution in [1.82, 2.24) is 5.32 Å². The Balaban J connectivity index is 2.68. The van der Waals surface area contributed by atoms with Crippen molar-refractivity contribution in [3.63, 3.8) is 0 Å². The van der Waals surface area contributed by atoms with E-state index < -0.39 is 0 Å². The average molecular weight is 291 g/mol. The molecular formula is C19H33NO. The fourth-order valence-corrected chi connectivity index (χ4v) is 2.14. The summed E-state index contributed by atoms with van der Waals surface area (Å²) in [6.45, 7) is 19.3. The Hall–Kier alpha value is -1.02. The van der Waals surface area contributed by atoms with E-state index in [-0.39, 0.29) is 11.0 Å². The predicted octanol–water partition coefficient (Wildman–Crippen LogP) is 4.70. The normalized spacial score (nSPS) is 14.1. The molecule has 0 saturated carbocycles. The van der Waals surface area contributed by atoms with Crippen LogP contribution >= 0.6 is 0 Å². The van der Waals surface area contributed by atoms with Crippen molar-refractivity contribution in [2.24, 2.45) is 5.92 Å². The summed E-state index contributed by atoms with van der Waals surface area (Å²) < 4.78 is 6.13. The standard InChI is InChI=1S/C19H33NO/c1-14-9-10-16(18(3,4)5)17(11-14)21-13-15(2)12-20-19(6,7)8/h9-11,15,20H,12-13H2,1-8H3. The molecule has 120 valence electrons. The molecule has 0 aliphatic carbocycles. The third kappa shape index (κ3) is 6.52. The van der Waals surface area contributed by atoms with Gasteiger partial charge in [0.25, 0.3) is 0 Å². The zero-order valence-electron chi connectivity index (χ0n) is 15.1. The Morgan fingerprint density at radius 2 is 1.71 bits per heavy atom. The zero-order valence-corrected chi connectivity index (χ0v) is 15.1. The first-order valence-corrected chi connectivity index (χ1v) is 7.98. The minimum absolute atomic E-state index is 0.107. The van der Waals surface area contributed by atoms with Crippen molar-refractivity contribution in [3.05, 3.63) is 29.3 Å². The Kier molecular flexibility index (Phi) is 5.86. The largest absolute Gasteiger partial charge is 0.493 e. The second kappa shape index (κ2) is 6.83. The van der Waals surface area contributed by atoms with Crippen molar-refractivity contribution in [1.29, 1.82) is 0 Å². The fraction of sp³-hybridized carbons (Fsp3) is 0.684. The summed E-state index contributed by atoms with van der Waals surface area (Å²) in [6.07, 6.45) is 0. The topological polar surface area (TPSA) is 21.3 Å². The molecule has 1 rings (SSSR count). The number of hydrogen-bond donors (Lipinski definition) is 1. The van der Waals surface area contributed by atoms with Gasteiger partial charge in [0, 0.05) is 18.0 Å². The maximum absolute atomic E-state index is 6.13. The zero-order chi connectivity index (χ0) is 16.3. The lowest BCUT2D eigenvalue weighted by atomic mass is 9.86. The summed E-state index contributed by atoms with van der Waals surface area (Å²) in [7, 11) is 0. The number of nitrogens with one attached hydrogen (secondary N) is 1. The van der Waals surface area contributed by atoms with Crippen LogP contribution in [0.3, 0.4) is 0 Å². The molecule has 2 heteroatoms. The van der Waals surface area contributed by atoms with Crippen LogP contribution in [0.2, 0.25) is 0 Å². The first-order chi connectivity index (χ1) is 9.49. The van der Waals surface area contributed by atoms with E-state index in [0.29, 0.717) is 5.92 Å². The molecule has 0 fully saturated rings. The number of rotatable bonds is 5. The molecule has 0 amide bonds. The summed E-state index contributed by atoms with van der Waals surface area (Å²) >= 11 is 0. The number of aryl methyl sites for hydroxylation is 1. The Morgan fingerprint density at radius 1 is 1.10 bits per heavy atom. The molecule has 1 aromatic rings. The van der Waals surface area contributed by atoms with Gasteiger partial charge in [-0.05, 0) is 50.3 Å². The molecule has 0 saturated heterocycles. The minimum atomic E-state index is 0.107. The van der Waals surface area contributed by atoms with Gasteiger partial charge in [0.05, 0.1) is 6.61 Å². The molecule has 0 spiro atoms. The second-order valence-corrected chi connectivity index (χ2v) is 8.30. The van der Waals surface area contributed by atoms with E-state index in [9.17, 15) is 0 Å². The van der Waals surface area contributed by atoms with Gasteiger partial charge in [-0.25, -0.2) is 0 Å². The SMILES string of the molecule is Cc1ccc(C(C)(C)C)c(OCC(C)CNC(C)(C)C)c1. The lowest BCUT2D eigenvalue weighted by Gasteiger charge is -2.26. The van der Waals surface area contributed by atoms with E-state index in [1.165, 1.54) is 11.1 Å². The minimum Gasteiger partial charge on any atom is -0.493 e. The number of ether oxygens (including phenoxy) is 1. The Bertz CT molecular complexity index is 452. The van der Waals surface area contributed by atoms with Gasteiger partial charge in [-0.1, -0.05) is 39.8 Å². The van der Waals surface area contributed by atoms with Gasteiger partial charge in [0.1, 0.15) is 5.75 Å². The highest BCUT2D eigenvalue weighted by molar-refractivity contribution is 5.41. The monoisotopic (exact) mass is 291 g/mol. The molecule has 1 N–H and O–H groups in total. The summed E-state index contributed by atoms with van der Waals surface area (Å²) in [4.78, 5) is 0. The molecule has 0 heterocycles. The highest BCUT2D eigenvalue weighted by Gasteiger charge is 2.19. The molecule has 1 unspecified atom stereocenters. The first-order valence-electron chi connectivity index (χ1n) is 7.98. The van der Waals surface area contributed by atoms with Crippen LogP contribution in [-0.4, -0.2) is 18.7 Å². The molecule has 0 aliphatic heterocycles. The van der Waals surface area contributed by atoms with Crippen LogP contribution in [0.15, 0.2) is 18.2 Å². The van der Waals surface area contributed by atoms with Crippen LogP contribution in [0.5, 0.6) is 5.75 Å². The van der Waals surface area contributed by atoms with Gasteiger partial charge in [-0.15, -0.1) is 0 Å². The van der Waals surface area contributed by atoms with Gasteiger partial charge < -0.3 is 10.1 Å². The van der Waals surface area contributed by atoms with E-state index >= 15 is 0 Å². The van der Waals surface area contributed by atoms with Crippen LogP contribution in [0, 0.1) is 12.8 Å². The van der Waals surface area contributed by atoms with Crippen LogP contribution in [-0.2, 0) is 5.41 Å². The maximum atomic E-state index is 6.13. The van der Waals surface area contributed by atoms with E-state index in [2.05, 4.69) is 78.9 Å². The molecule has 1 aromatic carbocycles. The third-order valence-electron chi connectivity index (χ3n) is 3.45. The van der Waals surface area contributed by atoms with Crippen LogP contribution in [0.4, 0.5) is 0 Å². The smallest absolute Gasteiger partial charge is 0.123 e. The van der Waals surface area contributed by atoms with Gasteiger partial charge in [-0.2, -0.15) is 0 Å². The quantitative estimate of drug-likeness (QED) is 0.849. The van der Waals surface area contributed by atoms with E-state index in [0.717, 1.165) is 18.9 Å². The maximum Gasteiger partial charge on any atom is 0.123 e. The highest BCUT2D eigenvalue weighted by Crippen LogP contribution is 2.32.